The van der Waals surface area contributed by atoms with Gasteiger partial charge in [-0.15, -0.1) is 0 Å². The smallest absolute Gasteiger partial charge is 0.130 e. The molecule has 0 aliphatic heterocycles. The molecule has 0 saturated carbocycles. The van der Waals surface area contributed by atoms with Gasteiger partial charge in [0, 0.05) is 9.86 Å². The van der Waals surface area contributed by atoms with Crippen LogP contribution in [0.1, 0.15) is 11.1 Å². The highest BCUT2D eigenvalue weighted by Gasteiger charge is 2.12. The number of hydrogen-bond acceptors (Lipinski definition) is 1. The highest BCUT2D eigenvalue weighted by Crippen LogP contribution is 2.34. The molecular formula is C22H15BrClN. The lowest BCUT2D eigenvalue weighted by molar-refractivity contribution is 1.19. The van der Waals surface area contributed by atoms with Crippen molar-refractivity contribution in [1.82, 2.24) is 4.98 Å². The Kier molecular flexibility index (Phi) is 4.56. The van der Waals surface area contributed by atoms with Crippen LogP contribution in [0.15, 0.2) is 83.3 Å². The van der Waals surface area contributed by atoms with Gasteiger partial charge in [0.25, 0.3) is 0 Å². The second-order valence-corrected chi connectivity index (χ2v) is 7.28. The molecule has 0 aliphatic carbocycles. The molecule has 0 aliphatic rings. The number of nitrogens with zero attached hydrogens (tertiary/aromatic N) is 1. The summed E-state index contributed by atoms with van der Waals surface area (Å²) in [5.41, 5.74) is 5.62. The zero-order chi connectivity index (χ0) is 17.2. The quantitative estimate of drug-likeness (QED) is 0.336. The molecule has 0 spiro atoms. The van der Waals surface area contributed by atoms with Crippen LogP contribution in [0.5, 0.6) is 0 Å². The third kappa shape index (κ3) is 3.46. The lowest BCUT2D eigenvalue weighted by Crippen LogP contribution is -1.95. The molecule has 0 fully saturated rings. The maximum Gasteiger partial charge on any atom is 0.130 e. The largest absolute Gasteiger partial charge is 0.236 e. The van der Waals surface area contributed by atoms with Gasteiger partial charge in [0.2, 0.25) is 0 Å². The first-order chi connectivity index (χ1) is 12.2. The van der Waals surface area contributed by atoms with Crippen molar-refractivity contribution in [1.29, 1.82) is 0 Å². The Hall–Kier alpha value is -2.16. The number of halogens is 2. The van der Waals surface area contributed by atoms with Gasteiger partial charge in [0.1, 0.15) is 5.15 Å². The van der Waals surface area contributed by atoms with E-state index in [0.29, 0.717) is 5.15 Å². The van der Waals surface area contributed by atoms with E-state index >= 15 is 0 Å². The van der Waals surface area contributed by atoms with Crippen LogP contribution in [0.3, 0.4) is 0 Å². The predicted molar refractivity (Wildman–Crippen MR) is 109 cm³/mol. The van der Waals surface area contributed by atoms with Gasteiger partial charge in [-0.3, -0.25) is 0 Å². The number of pyridine rings is 1. The summed E-state index contributed by atoms with van der Waals surface area (Å²) in [4.78, 5) is 4.64. The molecule has 0 unspecified atom stereocenters. The van der Waals surface area contributed by atoms with E-state index in [0.717, 1.165) is 38.5 Å². The van der Waals surface area contributed by atoms with Crippen LogP contribution in [0.2, 0.25) is 5.15 Å². The summed E-state index contributed by atoms with van der Waals surface area (Å²) in [6.45, 7) is 0. The second kappa shape index (κ2) is 6.99. The summed E-state index contributed by atoms with van der Waals surface area (Å²) in [5, 5.41) is 1.62. The number of rotatable bonds is 3. The molecule has 1 heterocycles. The Morgan fingerprint density at radius 3 is 2.24 bits per heavy atom. The van der Waals surface area contributed by atoms with Gasteiger partial charge in [-0.2, -0.15) is 0 Å². The van der Waals surface area contributed by atoms with Crippen molar-refractivity contribution in [3.8, 4) is 11.1 Å². The minimum absolute atomic E-state index is 0.517. The van der Waals surface area contributed by atoms with E-state index in [4.69, 9.17) is 11.6 Å². The number of benzene rings is 3. The molecule has 4 rings (SSSR count). The average Bonchev–Trinajstić information content (AvgIpc) is 2.63. The Balaban J connectivity index is 1.95. The highest BCUT2D eigenvalue weighted by molar-refractivity contribution is 9.10. The predicted octanol–water partition coefficient (Wildman–Crippen LogP) is 6.91. The van der Waals surface area contributed by atoms with Crippen LogP contribution >= 0.6 is 27.5 Å². The summed E-state index contributed by atoms with van der Waals surface area (Å²) >= 11 is 10.0. The van der Waals surface area contributed by atoms with E-state index in [-0.39, 0.29) is 0 Å². The zero-order valence-electron chi connectivity index (χ0n) is 13.4. The summed E-state index contributed by atoms with van der Waals surface area (Å²) in [7, 11) is 0. The summed E-state index contributed by atoms with van der Waals surface area (Å²) in [5.74, 6) is 0. The molecule has 25 heavy (non-hydrogen) atoms. The topological polar surface area (TPSA) is 12.9 Å². The second-order valence-electron chi connectivity index (χ2n) is 5.98. The zero-order valence-corrected chi connectivity index (χ0v) is 15.8. The van der Waals surface area contributed by atoms with Crippen LogP contribution in [0, 0.1) is 0 Å². The molecule has 0 saturated heterocycles. The first-order valence-corrected chi connectivity index (χ1v) is 9.26. The van der Waals surface area contributed by atoms with Crippen LogP contribution < -0.4 is 0 Å². The number of hydrogen-bond donors (Lipinski definition) is 0. The van der Waals surface area contributed by atoms with E-state index in [1.807, 2.05) is 30.3 Å². The van der Waals surface area contributed by atoms with Crippen LogP contribution in [0.25, 0.3) is 22.0 Å². The third-order valence-electron chi connectivity index (χ3n) is 4.25. The van der Waals surface area contributed by atoms with Crippen molar-refractivity contribution in [3.05, 3.63) is 99.6 Å². The molecule has 4 aromatic rings. The molecular weight excluding hydrogens is 394 g/mol. The average molecular weight is 409 g/mol. The van der Waals surface area contributed by atoms with Crippen molar-refractivity contribution < 1.29 is 0 Å². The SMILES string of the molecule is Clc1cc(-c2ccccc2)c2cc(Br)cc(Cc3ccccc3)c2n1. The molecule has 0 N–H and O–H groups in total. The maximum absolute atomic E-state index is 6.37. The van der Waals surface area contributed by atoms with E-state index in [2.05, 4.69) is 69.4 Å². The molecule has 0 radical (unpaired) electrons. The lowest BCUT2D eigenvalue weighted by atomic mass is 9.97. The first kappa shape index (κ1) is 16.3. The van der Waals surface area contributed by atoms with E-state index in [9.17, 15) is 0 Å². The summed E-state index contributed by atoms with van der Waals surface area (Å²) < 4.78 is 1.05. The Bertz CT molecular complexity index is 1030. The van der Waals surface area contributed by atoms with E-state index in [1.54, 1.807) is 0 Å². The van der Waals surface area contributed by atoms with Crippen LogP contribution in [-0.4, -0.2) is 4.98 Å². The molecule has 3 heteroatoms. The lowest BCUT2D eigenvalue weighted by Gasteiger charge is -2.12. The van der Waals surface area contributed by atoms with Gasteiger partial charge in [0.15, 0.2) is 0 Å². The van der Waals surface area contributed by atoms with Crippen molar-refractivity contribution in [2.45, 2.75) is 6.42 Å². The fraction of sp³-hybridized carbons (Fsp3) is 0.0455. The highest BCUT2D eigenvalue weighted by atomic mass is 79.9. The maximum atomic E-state index is 6.37. The van der Waals surface area contributed by atoms with E-state index < -0.39 is 0 Å². The Morgan fingerprint density at radius 1 is 0.840 bits per heavy atom. The number of aromatic nitrogens is 1. The van der Waals surface area contributed by atoms with Gasteiger partial charge in [-0.1, -0.05) is 88.2 Å². The van der Waals surface area contributed by atoms with Gasteiger partial charge in [0.05, 0.1) is 5.52 Å². The molecule has 0 bridgehead atoms. The third-order valence-corrected chi connectivity index (χ3v) is 4.90. The first-order valence-electron chi connectivity index (χ1n) is 8.09. The van der Waals surface area contributed by atoms with Gasteiger partial charge in [-0.05, 0) is 46.9 Å². The summed E-state index contributed by atoms with van der Waals surface area (Å²) in [6, 6.07) is 26.9. The Morgan fingerprint density at radius 2 is 1.52 bits per heavy atom. The van der Waals surface area contributed by atoms with Crippen LogP contribution in [-0.2, 0) is 6.42 Å². The minimum Gasteiger partial charge on any atom is -0.236 e. The Labute approximate surface area is 160 Å². The van der Waals surface area contributed by atoms with Crippen LogP contribution in [0.4, 0.5) is 0 Å². The van der Waals surface area contributed by atoms with Crippen molar-refractivity contribution in [2.24, 2.45) is 0 Å². The van der Waals surface area contributed by atoms with E-state index in [1.165, 1.54) is 5.56 Å². The molecule has 0 amide bonds. The molecule has 122 valence electrons. The summed E-state index contributed by atoms with van der Waals surface area (Å²) in [6.07, 6.45) is 0.818. The molecule has 1 aromatic heterocycles. The molecule has 0 atom stereocenters. The van der Waals surface area contributed by atoms with Crippen molar-refractivity contribution in [3.63, 3.8) is 0 Å². The standard InChI is InChI=1S/C22H15BrClN/c23-18-12-17(11-15-7-3-1-4-8-15)22-20(13-18)19(14-21(24)25-22)16-9-5-2-6-10-16/h1-10,12-14H,11H2. The fourth-order valence-electron chi connectivity index (χ4n) is 3.14. The fourth-order valence-corrected chi connectivity index (χ4v) is 3.83. The number of fused-ring (bicyclic) bond motifs is 1. The molecule has 1 nitrogen and oxygen atoms in total. The van der Waals surface area contributed by atoms with Crippen molar-refractivity contribution in [2.75, 3.05) is 0 Å². The normalized spacial score (nSPS) is 11.0. The van der Waals surface area contributed by atoms with Gasteiger partial charge < -0.3 is 0 Å². The van der Waals surface area contributed by atoms with Crippen molar-refractivity contribution >= 4 is 38.4 Å². The molecule has 3 aromatic carbocycles. The van der Waals surface area contributed by atoms with Gasteiger partial charge >= 0.3 is 0 Å². The monoisotopic (exact) mass is 407 g/mol. The van der Waals surface area contributed by atoms with Gasteiger partial charge in [-0.25, -0.2) is 4.98 Å². The minimum atomic E-state index is 0.517.